The van der Waals surface area contributed by atoms with Gasteiger partial charge in [-0.15, -0.1) is 0 Å². The Morgan fingerprint density at radius 3 is 2.50 bits per heavy atom. The molecule has 1 aliphatic rings. The van der Waals surface area contributed by atoms with Gasteiger partial charge in [0.1, 0.15) is 11.5 Å². The molecule has 0 unspecified atom stereocenters. The van der Waals surface area contributed by atoms with Crippen molar-refractivity contribution >= 4 is 11.6 Å². The minimum atomic E-state index is -0.527. The zero-order chi connectivity index (χ0) is 13.4. The molecule has 2 N–H and O–H groups in total. The molecule has 0 aliphatic heterocycles. The molecule has 0 saturated carbocycles. The minimum absolute atomic E-state index is 0.0356. The smallest absolute Gasteiger partial charge is 0.228 e. The number of carbonyl (C=O) groups excluding carboxylic acids is 2. The molecule has 1 aromatic rings. The summed E-state index contributed by atoms with van der Waals surface area (Å²) < 4.78 is 4.79. The molecule has 5 nitrogen and oxygen atoms in total. The Balaban J connectivity index is 2.74. The Hall–Kier alpha value is -2.30. The lowest BCUT2D eigenvalue weighted by Crippen LogP contribution is -2.18. The number of allylic oxidation sites excluding steroid dienone is 2. The molecule has 5 heteroatoms. The van der Waals surface area contributed by atoms with Crippen molar-refractivity contribution in [3.8, 4) is 11.5 Å². The van der Waals surface area contributed by atoms with Gasteiger partial charge < -0.3 is 14.9 Å². The number of benzene rings is 1. The van der Waals surface area contributed by atoms with Crippen LogP contribution < -0.4 is 0 Å². The molecule has 0 aromatic heterocycles. The van der Waals surface area contributed by atoms with Crippen molar-refractivity contribution in [3.05, 3.63) is 34.6 Å². The number of ether oxygens (including phenoxy) is 1. The topological polar surface area (TPSA) is 83.8 Å². The zero-order valence-electron chi connectivity index (χ0n) is 9.98. The molecule has 0 heterocycles. The molecule has 0 spiro atoms. The van der Waals surface area contributed by atoms with Gasteiger partial charge in [0.25, 0.3) is 0 Å². The van der Waals surface area contributed by atoms with Crippen LogP contribution in [-0.2, 0) is 11.2 Å². The van der Waals surface area contributed by atoms with Crippen molar-refractivity contribution in [2.24, 2.45) is 0 Å². The summed E-state index contributed by atoms with van der Waals surface area (Å²) in [6.07, 6.45) is 1.40. The average Bonchev–Trinajstić information content (AvgIpc) is 2.33. The van der Waals surface area contributed by atoms with Crippen LogP contribution in [0.3, 0.4) is 0 Å². The molecule has 1 aliphatic carbocycles. The number of fused-ring (bicyclic) bond motifs is 1. The summed E-state index contributed by atoms with van der Waals surface area (Å²) in [5.74, 6) is -1.67. The Morgan fingerprint density at radius 1 is 1.28 bits per heavy atom. The first-order chi connectivity index (χ1) is 8.51. The van der Waals surface area contributed by atoms with E-state index in [1.165, 1.54) is 13.2 Å². The largest absolute Gasteiger partial charge is 0.508 e. The lowest BCUT2D eigenvalue weighted by Gasteiger charge is -2.17. The summed E-state index contributed by atoms with van der Waals surface area (Å²) in [4.78, 5) is 23.8. The molecular formula is C13H12O5. The van der Waals surface area contributed by atoms with Crippen molar-refractivity contribution < 1.29 is 24.5 Å². The summed E-state index contributed by atoms with van der Waals surface area (Å²) in [6.45, 7) is 1.73. The standard InChI is InChI=1S/C13H12O5/c1-3-6-8(14)4-7-11(13(6)17)9(15)5-10(18-2)12(7)16/h4-5,14,17H,3H2,1-2H3. The third kappa shape index (κ3) is 1.55. The number of aromatic hydroxyl groups is 2. The van der Waals surface area contributed by atoms with Crippen molar-refractivity contribution in [1.29, 1.82) is 0 Å². The lowest BCUT2D eigenvalue weighted by atomic mass is 9.89. The van der Waals surface area contributed by atoms with E-state index in [4.69, 9.17) is 4.74 Å². The number of phenolic OH excluding ortho intramolecular Hbond substituents is 2. The van der Waals surface area contributed by atoms with Gasteiger partial charge in [0.05, 0.1) is 12.7 Å². The van der Waals surface area contributed by atoms with E-state index >= 15 is 0 Å². The number of phenols is 2. The molecular weight excluding hydrogens is 236 g/mol. The Kier molecular flexibility index (Phi) is 2.82. The fraction of sp³-hybridized carbons (Fsp3) is 0.231. The number of carbonyl (C=O) groups is 2. The number of hydrogen-bond donors (Lipinski definition) is 2. The summed E-state index contributed by atoms with van der Waals surface area (Å²) in [7, 11) is 1.28. The average molecular weight is 248 g/mol. The molecule has 0 atom stereocenters. The highest BCUT2D eigenvalue weighted by atomic mass is 16.5. The van der Waals surface area contributed by atoms with Crippen LogP contribution in [0.15, 0.2) is 17.9 Å². The monoisotopic (exact) mass is 248 g/mol. The van der Waals surface area contributed by atoms with Gasteiger partial charge in [0.2, 0.25) is 5.78 Å². The molecule has 1 aromatic carbocycles. The highest BCUT2D eigenvalue weighted by molar-refractivity contribution is 6.25. The minimum Gasteiger partial charge on any atom is -0.508 e. The summed E-state index contributed by atoms with van der Waals surface area (Å²) in [6, 6.07) is 1.19. The van der Waals surface area contributed by atoms with Crippen molar-refractivity contribution in [3.63, 3.8) is 0 Å². The first-order valence-corrected chi connectivity index (χ1v) is 5.43. The zero-order valence-corrected chi connectivity index (χ0v) is 9.98. The summed E-state index contributed by atoms with van der Waals surface area (Å²) >= 11 is 0. The number of Topliss-reactive ketones (excluding diaryl/α,β-unsaturated/α-hetero) is 1. The van der Waals surface area contributed by atoms with E-state index in [0.29, 0.717) is 6.42 Å². The second-order valence-corrected chi connectivity index (χ2v) is 3.91. The predicted octanol–water partition coefficient (Wildman–Crippen LogP) is 1.57. The van der Waals surface area contributed by atoms with Crippen molar-refractivity contribution in [2.45, 2.75) is 13.3 Å². The number of ketones is 2. The highest BCUT2D eigenvalue weighted by Crippen LogP contribution is 2.37. The van der Waals surface area contributed by atoms with Crippen LogP contribution in [0.1, 0.15) is 33.2 Å². The Morgan fingerprint density at radius 2 is 1.94 bits per heavy atom. The normalized spacial score (nSPS) is 14.2. The first kappa shape index (κ1) is 12.2. The van der Waals surface area contributed by atoms with Crippen LogP contribution in [-0.4, -0.2) is 28.9 Å². The number of hydrogen-bond acceptors (Lipinski definition) is 5. The highest BCUT2D eigenvalue weighted by Gasteiger charge is 2.31. The lowest BCUT2D eigenvalue weighted by molar-refractivity contribution is 0.0914. The molecule has 2 rings (SSSR count). The third-order valence-corrected chi connectivity index (χ3v) is 2.93. The van der Waals surface area contributed by atoms with E-state index < -0.39 is 11.6 Å². The van der Waals surface area contributed by atoms with Gasteiger partial charge in [0.15, 0.2) is 11.5 Å². The van der Waals surface area contributed by atoms with Gasteiger partial charge in [0, 0.05) is 17.2 Å². The molecule has 18 heavy (non-hydrogen) atoms. The SMILES string of the molecule is CCc1c(O)cc2c(c1O)C(=O)C=C(OC)C2=O. The van der Waals surface area contributed by atoms with E-state index in [9.17, 15) is 19.8 Å². The van der Waals surface area contributed by atoms with Gasteiger partial charge in [-0.3, -0.25) is 9.59 Å². The van der Waals surface area contributed by atoms with Crippen LogP contribution in [0, 0.1) is 0 Å². The summed E-state index contributed by atoms with van der Waals surface area (Å²) in [5.41, 5.74) is 0.145. The number of methoxy groups -OCH3 is 1. The van der Waals surface area contributed by atoms with E-state index in [2.05, 4.69) is 0 Å². The van der Waals surface area contributed by atoms with E-state index in [-0.39, 0.29) is 33.9 Å². The number of rotatable bonds is 2. The van der Waals surface area contributed by atoms with E-state index in [1.54, 1.807) is 6.92 Å². The third-order valence-electron chi connectivity index (χ3n) is 2.93. The maximum atomic E-state index is 11.9. The Labute approximate surface area is 103 Å². The van der Waals surface area contributed by atoms with Gasteiger partial charge >= 0.3 is 0 Å². The fourth-order valence-electron chi connectivity index (χ4n) is 2.01. The first-order valence-electron chi connectivity index (χ1n) is 5.43. The molecule has 0 fully saturated rings. The van der Waals surface area contributed by atoms with Crippen LogP contribution in [0.4, 0.5) is 0 Å². The molecule has 0 radical (unpaired) electrons. The second kappa shape index (κ2) is 4.18. The van der Waals surface area contributed by atoms with Gasteiger partial charge in [-0.2, -0.15) is 0 Å². The van der Waals surface area contributed by atoms with E-state index in [1.807, 2.05) is 0 Å². The predicted molar refractivity (Wildman–Crippen MR) is 62.9 cm³/mol. The van der Waals surface area contributed by atoms with Crippen molar-refractivity contribution in [1.82, 2.24) is 0 Å². The summed E-state index contributed by atoms with van der Waals surface area (Å²) in [5, 5.41) is 19.7. The van der Waals surface area contributed by atoms with Gasteiger partial charge in [-0.1, -0.05) is 6.92 Å². The van der Waals surface area contributed by atoms with Gasteiger partial charge in [-0.25, -0.2) is 0 Å². The maximum Gasteiger partial charge on any atom is 0.228 e. The van der Waals surface area contributed by atoms with Crippen LogP contribution in [0.2, 0.25) is 0 Å². The van der Waals surface area contributed by atoms with Crippen molar-refractivity contribution in [2.75, 3.05) is 7.11 Å². The molecule has 94 valence electrons. The van der Waals surface area contributed by atoms with Crippen LogP contribution >= 0.6 is 0 Å². The molecule has 0 amide bonds. The van der Waals surface area contributed by atoms with Crippen LogP contribution in [0.5, 0.6) is 11.5 Å². The molecule has 0 saturated heterocycles. The molecule has 0 bridgehead atoms. The quantitative estimate of drug-likeness (QED) is 0.829. The maximum absolute atomic E-state index is 11.9. The van der Waals surface area contributed by atoms with Crippen LogP contribution in [0.25, 0.3) is 0 Å². The second-order valence-electron chi connectivity index (χ2n) is 3.91. The Bertz CT molecular complexity index is 584. The van der Waals surface area contributed by atoms with E-state index in [0.717, 1.165) is 6.08 Å². The van der Waals surface area contributed by atoms with Gasteiger partial charge in [-0.05, 0) is 12.5 Å². The fourth-order valence-corrected chi connectivity index (χ4v) is 2.01.